The monoisotopic (exact) mass is 343 g/mol. The van der Waals surface area contributed by atoms with Gasteiger partial charge in [0.25, 0.3) is 0 Å². The fraction of sp³-hybridized carbons (Fsp3) is 0.571. The van der Waals surface area contributed by atoms with E-state index in [2.05, 4.69) is 79.8 Å². The zero-order valence-electron chi connectivity index (χ0n) is 16.5. The van der Waals surface area contributed by atoms with Crippen LogP contribution in [0.3, 0.4) is 0 Å². The van der Waals surface area contributed by atoms with E-state index in [1.807, 2.05) is 0 Å². The number of aromatic nitrogens is 2. The molecule has 0 unspecified atom stereocenters. The molecule has 0 N–H and O–H groups in total. The first-order chi connectivity index (χ1) is 12.1. The number of nitrogens with zero attached hydrogens (tertiary/aromatic N) is 3. The van der Waals surface area contributed by atoms with Crippen molar-refractivity contribution in [2.45, 2.75) is 66.0 Å². The summed E-state index contributed by atoms with van der Waals surface area (Å²) in [5, 5.41) is 4.69. The number of rotatable bonds is 10. The predicted octanol–water partition coefficient (Wildman–Crippen LogP) is 4.98. The minimum atomic E-state index is 0.292. The fourth-order valence-electron chi connectivity index (χ4n) is 2.99. The molecule has 0 fully saturated rings. The third kappa shape index (κ3) is 5.60. The molecule has 0 atom stereocenters. The Balaban J connectivity index is 2.13. The molecule has 2 rings (SSSR count). The molecule has 0 aliphatic heterocycles. The van der Waals surface area contributed by atoms with Crippen LogP contribution in [0.1, 0.15) is 57.8 Å². The van der Waals surface area contributed by atoms with E-state index in [9.17, 15) is 0 Å². The van der Waals surface area contributed by atoms with Crippen LogP contribution >= 0.6 is 0 Å². The first-order valence-corrected chi connectivity index (χ1v) is 9.58. The van der Waals surface area contributed by atoms with Crippen molar-refractivity contribution in [3.05, 3.63) is 41.7 Å². The Labute approximate surface area is 152 Å². The van der Waals surface area contributed by atoms with Gasteiger partial charge in [0, 0.05) is 6.54 Å². The van der Waals surface area contributed by atoms with Gasteiger partial charge in [-0.2, -0.15) is 5.10 Å². The molecule has 1 aromatic carbocycles. The molecule has 1 heterocycles. The zero-order chi connectivity index (χ0) is 18.2. The molecule has 0 spiro atoms. The highest BCUT2D eigenvalue weighted by atomic mass is 16.5. The molecule has 1 aromatic heterocycles. The minimum Gasteiger partial charge on any atom is -0.490 e. The zero-order valence-corrected chi connectivity index (χ0v) is 16.5. The van der Waals surface area contributed by atoms with Crippen molar-refractivity contribution in [1.29, 1.82) is 0 Å². The quantitative estimate of drug-likeness (QED) is 0.609. The molecular formula is C21H33N3O. The average molecular weight is 344 g/mol. The van der Waals surface area contributed by atoms with Crippen LogP contribution in [0.5, 0.6) is 5.75 Å². The van der Waals surface area contributed by atoms with E-state index in [1.54, 1.807) is 0 Å². The summed E-state index contributed by atoms with van der Waals surface area (Å²) in [6.45, 7) is 10.6. The summed E-state index contributed by atoms with van der Waals surface area (Å²) in [5.74, 6) is 0.933. The number of aryl methyl sites for hydroxylation is 1. The summed E-state index contributed by atoms with van der Waals surface area (Å²) in [6, 6.07) is 10.5. The van der Waals surface area contributed by atoms with Gasteiger partial charge in [-0.15, -0.1) is 0 Å². The van der Waals surface area contributed by atoms with Crippen molar-refractivity contribution in [3.63, 3.8) is 0 Å². The molecule has 25 heavy (non-hydrogen) atoms. The Bertz CT molecular complexity index is 629. The second-order valence-electron chi connectivity index (χ2n) is 6.83. The Morgan fingerprint density at radius 2 is 1.80 bits per heavy atom. The van der Waals surface area contributed by atoms with Gasteiger partial charge in [0.1, 0.15) is 5.75 Å². The van der Waals surface area contributed by atoms with Crippen LogP contribution in [0.2, 0.25) is 0 Å². The van der Waals surface area contributed by atoms with E-state index < -0.39 is 0 Å². The van der Waals surface area contributed by atoms with Crippen LogP contribution in [0, 0.1) is 6.92 Å². The Morgan fingerprint density at radius 3 is 2.40 bits per heavy atom. The van der Waals surface area contributed by atoms with E-state index in [1.165, 1.54) is 18.5 Å². The summed E-state index contributed by atoms with van der Waals surface area (Å²) >= 11 is 0. The van der Waals surface area contributed by atoms with Crippen molar-refractivity contribution in [2.75, 3.05) is 13.6 Å². The second kappa shape index (κ2) is 9.62. The number of ether oxygens (including phenoxy) is 1. The summed E-state index contributed by atoms with van der Waals surface area (Å²) in [4.78, 5) is 2.36. The maximum Gasteiger partial charge on any atom is 0.119 e. The van der Waals surface area contributed by atoms with Crippen LogP contribution in [0.15, 0.2) is 30.3 Å². The van der Waals surface area contributed by atoms with Gasteiger partial charge >= 0.3 is 0 Å². The van der Waals surface area contributed by atoms with E-state index in [-0.39, 0.29) is 0 Å². The van der Waals surface area contributed by atoms with E-state index in [4.69, 9.17) is 4.74 Å². The van der Waals surface area contributed by atoms with Crippen LogP contribution in [0.4, 0.5) is 0 Å². The molecule has 2 aromatic rings. The van der Waals surface area contributed by atoms with Gasteiger partial charge in [0.05, 0.1) is 23.2 Å². The van der Waals surface area contributed by atoms with Crippen LogP contribution < -0.4 is 4.74 Å². The maximum absolute atomic E-state index is 6.01. The van der Waals surface area contributed by atoms with Crippen LogP contribution in [-0.2, 0) is 6.54 Å². The topological polar surface area (TPSA) is 30.3 Å². The van der Waals surface area contributed by atoms with Crippen molar-refractivity contribution in [3.8, 4) is 11.4 Å². The van der Waals surface area contributed by atoms with Gasteiger partial charge in [0.2, 0.25) is 0 Å². The van der Waals surface area contributed by atoms with Gasteiger partial charge in [-0.05, 0) is 70.1 Å². The molecule has 0 saturated heterocycles. The highest BCUT2D eigenvalue weighted by Crippen LogP contribution is 2.20. The van der Waals surface area contributed by atoms with Crippen LogP contribution in [-0.4, -0.2) is 34.4 Å². The molecule has 0 amide bonds. The highest BCUT2D eigenvalue weighted by Gasteiger charge is 2.11. The standard InChI is InChI=1S/C21H33N3O/c1-6-9-14-23(5)16-19-15-17(4)22-24(19)18-10-12-21(13-11-18)25-20(7-2)8-3/h10-13,15,20H,6-9,14,16H2,1-5H3. The van der Waals surface area contributed by atoms with Crippen LogP contribution in [0.25, 0.3) is 5.69 Å². The average Bonchev–Trinajstić information content (AvgIpc) is 2.98. The van der Waals surface area contributed by atoms with Crippen molar-refractivity contribution in [2.24, 2.45) is 0 Å². The summed E-state index contributed by atoms with van der Waals surface area (Å²) < 4.78 is 8.06. The van der Waals surface area contributed by atoms with Gasteiger partial charge in [-0.1, -0.05) is 27.2 Å². The third-order valence-electron chi connectivity index (χ3n) is 4.53. The molecule has 4 heteroatoms. The fourth-order valence-corrected chi connectivity index (χ4v) is 2.99. The van der Waals surface area contributed by atoms with Crippen molar-refractivity contribution in [1.82, 2.24) is 14.7 Å². The normalized spacial score (nSPS) is 11.5. The first-order valence-electron chi connectivity index (χ1n) is 9.58. The van der Waals surface area contributed by atoms with Gasteiger partial charge in [-0.25, -0.2) is 4.68 Å². The lowest BCUT2D eigenvalue weighted by atomic mass is 10.2. The van der Waals surface area contributed by atoms with Crippen molar-refractivity contribution >= 4 is 0 Å². The van der Waals surface area contributed by atoms with E-state index in [0.717, 1.165) is 43.1 Å². The molecule has 0 radical (unpaired) electrons. The van der Waals surface area contributed by atoms with E-state index in [0.29, 0.717) is 6.10 Å². The largest absolute Gasteiger partial charge is 0.490 e. The molecule has 0 aliphatic carbocycles. The van der Waals surface area contributed by atoms with E-state index >= 15 is 0 Å². The Kier molecular flexibility index (Phi) is 7.51. The lowest BCUT2D eigenvalue weighted by molar-refractivity contribution is 0.193. The Hall–Kier alpha value is -1.81. The molecule has 0 saturated carbocycles. The molecule has 138 valence electrons. The first kappa shape index (κ1) is 19.5. The molecule has 4 nitrogen and oxygen atoms in total. The number of hydrogen-bond donors (Lipinski definition) is 0. The highest BCUT2D eigenvalue weighted by molar-refractivity contribution is 5.38. The molecular weight excluding hydrogens is 310 g/mol. The summed E-state index contributed by atoms with van der Waals surface area (Å²) in [5.41, 5.74) is 3.37. The van der Waals surface area contributed by atoms with Gasteiger partial charge < -0.3 is 9.64 Å². The molecule has 0 aliphatic rings. The van der Waals surface area contributed by atoms with Gasteiger partial charge in [0.15, 0.2) is 0 Å². The lowest BCUT2D eigenvalue weighted by Crippen LogP contribution is -2.21. The number of unbranched alkanes of at least 4 members (excludes halogenated alkanes) is 1. The minimum absolute atomic E-state index is 0.292. The third-order valence-corrected chi connectivity index (χ3v) is 4.53. The molecule has 0 bridgehead atoms. The maximum atomic E-state index is 6.01. The lowest BCUT2D eigenvalue weighted by Gasteiger charge is -2.18. The van der Waals surface area contributed by atoms with Gasteiger partial charge in [-0.3, -0.25) is 0 Å². The van der Waals surface area contributed by atoms with Crippen molar-refractivity contribution < 1.29 is 4.74 Å². The summed E-state index contributed by atoms with van der Waals surface area (Å²) in [7, 11) is 2.18. The second-order valence-corrected chi connectivity index (χ2v) is 6.83. The SMILES string of the molecule is CCCCN(C)Cc1cc(C)nn1-c1ccc(OC(CC)CC)cc1. The smallest absolute Gasteiger partial charge is 0.119 e. The Morgan fingerprint density at radius 1 is 1.12 bits per heavy atom. The predicted molar refractivity (Wildman–Crippen MR) is 105 cm³/mol. The summed E-state index contributed by atoms with van der Waals surface area (Å²) in [6.07, 6.45) is 4.81. The number of benzene rings is 1. The number of hydrogen-bond acceptors (Lipinski definition) is 3.